The van der Waals surface area contributed by atoms with Gasteiger partial charge in [-0.05, 0) is 65.3 Å². The smallest absolute Gasteiger partial charge is 0.0787 e. The average molecular weight is 267 g/mol. The number of nitrogens with one attached hydrogen (secondary N) is 1. The van der Waals surface area contributed by atoms with E-state index in [9.17, 15) is 0 Å². The van der Waals surface area contributed by atoms with Gasteiger partial charge in [0.15, 0.2) is 0 Å². The molecule has 1 aliphatic heterocycles. The maximum absolute atomic E-state index is 6.15. The standard InChI is InChI=1S/C17H33NO/c1-13-7-6-8-14(11-13)9-10-18-15-12-16(2,3)19-17(15,4)5/h13-15,18H,6-12H2,1-5H3. The van der Waals surface area contributed by atoms with Crippen LogP contribution in [-0.2, 0) is 4.74 Å². The van der Waals surface area contributed by atoms with Crippen LogP contribution in [0.3, 0.4) is 0 Å². The van der Waals surface area contributed by atoms with Crippen molar-refractivity contribution >= 4 is 0 Å². The lowest BCUT2D eigenvalue weighted by Gasteiger charge is -2.30. The van der Waals surface area contributed by atoms with Gasteiger partial charge in [-0.1, -0.05) is 26.2 Å². The van der Waals surface area contributed by atoms with Crippen molar-refractivity contribution in [3.05, 3.63) is 0 Å². The Kier molecular flexibility index (Phi) is 4.62. The molecule has 1 N–H and O–H groups in total. The van der Waals surface area contributed by atoms with E-state index in [0.717, 1.165) is 24.8 Å². The van der Waals surface area contributed by atoms with Crippen LogP contribution in [0.25, 0.3) is 0 Å². The second-order valence-electron chi connectivity index (χ2n) is 8.10. The predicted octanol–water partition coefficient (Wildman–Crippen LogP) is 4.14. The van der Waals surface area contributed by atoms with Gasteiger partial charge in [0.2, 0.25) is 0 Å². The van der Waals surface area contributed by atoms with Crippen molar-refractivity contribution in [3.63, 3.8) is 0 Å². The molecule has 0 spiro atoms. The minimum Gasteiger partial charge on any atom is -0.368 e. The van der Waals surface area contributed by atoms with E-state index in [0.29, 0.717) is 6.04 Å². The van der Waals surface area contributed by atoms with E-state index in [1.54, 1.807) is 0 Å². The largest absolute Gasteiger partial charge is 0.368 e. The topological polar surface area (TPSA) is 21.3 Å². The Morgan fingerprint density at radius 1 is 1.16 bits per heavy atom. The Balaban J connectivity index is 1.73. The molecule has 1 saturated heterocycles. The van der Waals surface area contributed by atoms with Crippen LogP contribution in [0.4, 0.5) is 0 Å². The Morgan fingerprint density at radius 3 is 2.47 bits per heavy atom. The molecule has 0 aromatic heterocycles. The zero-order valence-corrected chi connectivity index (χ0v) is 13.6. The van der Waals surface area contributed by atoms with Gasteiger partial charge in [-0.25, -0.2) is 0 Å². The summed E-state index contributed by atoms with van der Waals surface area (Å²) in [5, 5.41) is 3.76. The van der Waals surface area contributed by atoms with Crippen molar-refractivity contribution in [1.29, 1.82) is 0 Å². The molecule has 2 aliphatic rings. The van der Waals surface area contributed by atoms with Gasteiger partial charge in [0.25, 0.3) is 0 Å². The first-order valence-corrected chi connectivity index (χ1v) is 8.22. The third kappa shape index (κ3) is 4.19. The summed E-state index contributed by atoms with van der Waals surface area (Å²) in [5.74, 6) is 1.90. The highest BCUT2D eigenvalue weighted by Crippen LogP contribution is 2.37. The van der Waals surface area contributed by atoms with E-state index < -0.39 is 0 Å². The Labute approximate surface area is 119 Å². The van der Waals surface area contributed by atoms with Crippen LogP contribution < -0.4 is 5.32 Å². The lowest BCUT2D eigenvalue weighted by Crippen LogP contribution is -2.44. The molecule has 2 nitrogen and oxygen atoms in total. The Morgan fingerprint density at radius 2 is 1.89 bits per heavy atom. The molecule has 2 rings (SSSR count). The minimum absolute atomic E-state index is 0.0244. The van der Waals surface area contributed by atoms with Crippen LogP contribution in [0.2, 0.25) is 0 Å². The molecule has 0 amide bonds. The molecular weight excluding hydrogens is 234 g/mol. The molecule has 0 aromatic carbocycles. The zero-order valence-electron chi connectivity index (χ0n) is 13.6. The Bertz CT molecular complexity index is 298. The van der Waals surface area contributed by atoms with E-state index >= 15 is 0 Å². The molecule has 2 fully saturated rings. The summed E-state index contributed by atoms with van der Waals surface area (Å²) >= 11 is 0. The maximum Gasteiger partial charge on any atom is 0.0787 e. The zero-order chi connectivity index (χ0) is 14.1. The normalized spacial score (nSPS) is 37.4. The molecule has 3 unspecified atom stereocenters. The van der Waals surface area contributed by atoms with Gasteiger partial charge in [0.05, 0.1) is 11.2 Å². The first kappa shape index (κ1) is 15.3. The van der Waals surface area contributed by atoms with Gasteiger partial charge in [-0.2, -0.15) is 0 Å². The summed E-state index contributed by atoms with van der Waals surface area (Å²) in [5.41, 5.74) is 0.00384. The van der Waals surface area contributed by atoms with Crippen LogP contribution in [-0.4, -0.2) is 23.8 Å². The SMILES string of the molecule is CC1CCCC(CCNC2CC(C)(C)OC2(C)C)C1. The van der Waals surface area contributed by atoms with E-state index in [2.05, 4.69) is 39.9 Å². The van der Waals surface area contributed by atoms with Crippen molar-refractivity contribution in [2.45, 2.75) is 90.4 Å². The van der Waals surface area contributed by atoms with Gasteiger partial charge in [0.1, 0.15) is 0 Å². The maximum atomic E-state index is 6.15. The van der Waals surface area contributed by atoms with Crippen molar-refractivity contribution in [2.75, 3.05) is 6.54 Å². The van der Waals surface area contributed by atoms with E-state index in [4.69, 9.17) is 4.74 Å². The minimum atomic E-state index is -0.0244. The predicted molar refractivity (Wildman–Crippen MR) is 81.4 cm³/mol. The quantitative estimate of drug-likeness (QED) is 0.826. The van der Waals surface area contributed by atoms with Crippen LogP contribution in [0.15, 0.2) is 0 Å². The number of hydrogen-bond acceptors (Lipinski definition) is 2. The third-order valence-electron chi connectivity index (χ3n) is 5.06. The van der Waals surface area contributed by atoms with E-state index in [-0.39, 0.29) is 11.2 Å². The first-order valence-electron chi connectivity index (χ1n) is 8.22. The van der Waals surface area contributed by atoms with Crippen molar-refractivity contribution < 1.29 is 4.74 Å². The van der Waals surface area contributed by atoms with Gasteiger partial charge >= 0.3 is 0 Å². The second-order valence-corrected chi connectivity index (χ2v) is 8.10. The molecule has 2 heteroatoms. The molecule has 1 heterocycles. The summed E-state index contributed by atoms with van der Waals surface area (Å²) in [7, 11) is 0. The highest BCUT2D eigenvalue weighted by Gasteiger charge is 2.45. The summed E-state index contributed by atoms with van der Waals surface area (Å²) < 4.78 is 6.15. The monoisotopic (exact) mass is 267 g/mol. The second kappa shape index (κ2) is 5.73. The molecule has 112 valence electrons. The molecule has 0 radical (unpaired) electrons. The third-order valence-corrected chi connectivity index (χ3v) is 5.06. The van der Waals surface area contributed by atoms with Crippen molar-refractivity contribution in [2.24, 2.45) is 11.8 Å². The molecule has 1 aliphatic carbocycles. The van der Waals surface area contributed by atoms with E-state index in [1.807, 2.05) is 0 Å². The Hall–Kier alpha value is -0.0800. The fourth-order valence-corrected chi connectivity index (χ4v) is 4.16. The fraction of sp³-hybridized carbons (Fsp3) is 1.00. The molecule has 1 saturated carbocycles. The highest BCUT2D eigenvalue weighted by atomic mass is 16.5. The van der Waals surface area contributed by atoms with E-state index in [1.165, 1.54) is 32.1 Å². The lowest BCUT2D eigenvalue weighted by atomic mass is 9.81. The number of hydrogen-bond donors (Lipinski definition) is 1. The first-order chi connectivity index (χ1) is 8.78. The van der Waals surface area contributed by atoms with Crippen molar-refractivity contribution in [1.82, 2.24) is 5.32 Å². The summed E-state index contributed by atoms with van der Waals surface area (Å²) in [6.45, 7) is 12.4. The van der Waals surface area contributed by atoms with Crippen molar-refractivity contribution in [3.8, 4) is 0 Å². The molecule has 0 bridgehead atoms. The molecule has 3 atom stereocenters. The summed E-state index contributed by atoms with van der Waals surface area (Å²) in [6.07, 6.45) is 8.25. The molecule has 19 heavy (non-hydrogen) atoms. The summed E-state index contributed by atoms with van der Waals surface area (Å²) in [4.78, 5) is 0. The van der Waals surface area contributed by atoms with Crippen LogP contribution in [0, 0.1) is 11.8 Å². The van der Waals surface area contributed by atoms with Crippen LogP contribution in [0.5, 0.6) is 0 Å². The molecule has 0 aromatic rings. The summed E-state index contributed by atoms with van der Waals surface area (Å²) in [6, 6.07) is 0.503. The number of ether oxygens (including phenoxy) is 1. The highest BCUT2D eigenvalue weighted by molar-refractivity contribution is 4.98. The van der Waals surface area contributed by atoms with Gasteiger partial charge in [-0.3, -0.25) is 0 Å². The van der Waals surface area contributed by atoms with Crippen LogP contribution in [0.1, 0.15) is 73.1 Å². The average Bonchev–Trinajstić information content (AvgIpc) is 2.46. The van der Waals surface area contributed by atoms with Crippen LogP contribution >= 0.6 is 0 Å². The number of rotatable bonds is 4. The van der Waals surface area contributed by atoms with Gasteiger partial charge in [-0.15, -0.1) is 0 Å². The van der Waals surface area contributed by atoms with Gasteiger partial charge < -0.3 is 10.1 Å². The fourth-order valence-electron chi connectivity index (χ4n) is 4.16. The molecular formula is C17H33NO. The lowest BCUT2D eigenvalue weighted by molar-refractivity contribution is -0.0698. The van der Waals surface area contributed by atoms with Gasteiger partial charge in [0, 0.05) is 6.04 Å².